The summed E-state index contributed by atoms with van der Waals surface area (Å²) in [5.74, 6) is 1.54. The van der Waals surface area contributed by atoms with Gasteiger partial charge in [0.05, 0.1) is 0 Å². The summed E-state index contributed by atoms with van der Waals surface area (Å²) in [5, 5.41) is 0. The van der Waals surface area contributed by atoms with Crippen molar-refractivity contribution in [3.05, 3.63) is 11.1 Å². The maximum absolute atomic E-state index is 2.58. The topological polar surface area (TPSA) is 3.24 Å². The van der Waals surface area contributed by atoms with Crippen LogP contribution in [-0.4, -0.2) is 24.0 Å². The minimum atomic E-state index is 0.691. The van der Waals surface area contributed by atoms with E-state index in [0.29, 0.717) is 6.04 Å². The fraction of sp³-hybridized carbons (Fsp3) is 0.875. The van der Waals surface area contributed by atoms with Crippen molar-refractivity contribution in [1.29, 1.82) is 0 Å². The summed E-state index contributed by atoms with van der Waals surface area (Å²) in [7, 11) is 0. The smallest absolute Gasteiger partial charge is 0.0195 e. The van der Waals surface area contributed by atoms with E-state index in [4.69, 9.17) is 0 Å². The molecular formula is C16H33N. The first-order chi connectivity index (χ1) is 7.93. The number of hydrogen-bond donors (Lipinski definition) is 0. The van der Waals surface area contributed by atoms with E-state index in [2.05, 4.69) is 46.4 Å². The molecule has 0 saturated heterocycles. The van der Waals surface area contributed by atoms with E-state index in [1.807, 2.05) is 13.8 Å². The molecule has 1 nitrogen and oxygen atoms in total. The zero-order valence-electron chi connectivity index (χ0n) is 13.3. The first kappa shape index (κ1) is 16.7. The fourth-order valence-electron chi connectivity index (χ4n) is 2.42. The van der Waals surface area contributed by atoms with Crippen molar-refractivity contribution in [3.8, 4) is 0 Å². The summed E-state index contributed by atoms with van der Waals surface area (Å²) in [6.45, 7) is 20.4. The summed E-state index contributed by atoms with van der Waals surface area (Å²) in [5.41, 5.74) is 3.35. The zero-order chi connectivity index (χ0) is 13.6. The van der Waals surface area contributed by atoms with Gasteiger partial charge in [-0.3, -0.25) is 4.90 Å². The average Bonchev–Trinajstić information content (AvgIpc) is 2.30. The molecule has 1 atom stereocenters. The molecule has 1 heterocycles. The van der Waals surface area contributed by atoms with Crippen LogP contribution in [0.5, 0.6) is 0 Å². The highest BCUT2D eigenvalue weighted by molar-refractivity contribution is 5.20. The molecular weight excluding hydrogens is 206 g/mol. The minimum absolute atomic E-state index is 0.691. The van der Waals surface area contributed by atoms with Crippen LogP contribution in [0.15, 0.2) is 11.1 Å². The van der Waals surface area contributed by atoms with Crippen LogP contribution in [0, 0.1) is 11.8 Å². The molecule has 0 aromatic heterocycles. The molecule has 102 valence electrons. The molecule has 0 amide bonds. The van der Waals surface area contributed by atoms with Gasteiger partial charge in [-0.05, 0) is 39.0 Å². The first-order valence-corrected chi connectivity index (χ1v) is 7.36. The molecule has 0 spiro atoms. The van der Waals surface area contributed by atoms with Crippen molar-refractivity contribution < 1.29 is 0 Å². The summed E-state index contributed by atoms with van der Waals surface area (Å²) >= 11 is 0. The Hall–Kier alpha value is -0.300. The Labute approximate surface area is 109 Å². The van der Waals surface area contributed by atoms with Gasteiger partial charge in [-0.1, -0.05) is 45.8 Å². The summed E-state index contributed by atoms with van der Waals surface area (Å²) in [6, 6.07) is 0.691. The third kappa shape index (κ3) is 4.83. The highest BCUT2D eigenvalue weighted by atomic mass is 15.1. The molecule has 0 aromatic rings. The van der Waals surface area contributed by atoms with Crippen LogP contribution in [0.1, 0.15) is 61.8 Å². The third-order valence-corrected chi connectivity index (χ3v) is 3.94. The van der Waals surface area contributed by atoms with E-state index in [0.717, 1.165) is 11.8 Å². The molecule has 0 aliphatic carbocycles. The van der Waals surface area contributed by atoms with Gasteiger partial charge in [0.1, 0.15) is 0 Å². The second kappa shape index (κ2) is 7.92. The van der Waals surface area contributed by atoms with E-state index in [1.54, 1.807) is 11.1 Å². The maximum atomic E-state index is 2.58. The highest BCUT2D eigenvalue weighted by Crippen LogP contribution is 2.29. The molecule has 1 aliphatic rings. The Morgan fingerprint density at radius 3 is 1.88 bits per heavy atom. The zero-order valence-corrected chi connectivity index (χ0v) is 13.3. The predicted molar refractivity (Wildman–Crippen MR) is 79.4 cm³/mol. The van der Waals surface area contributed by atoms with Crippen LogP contribution >= 0.6 is 0 Å². The first-order valence-electron chi connectivity index (χ1n) is 7.36. The van der Waals surface area contributed by atoms with E-state index in [-0.39, 0.29) is 0 Å². The Kier molecular flexibility index (Phi) is 7.78. The summed E-state index contributed by atoms with van der Waals surface area (Å²) < 4.78 is 0. The lowest BCUT2D eigenvalue weighted by atomic mass is 9.83. The van der Waals surface area contributed by atoms with Crippen LogP contribution in [0.4, 0.5) is 0 Å². The Morgan fingerprint density at radius 1 is 1.00 bits per heavy atom. The van der Waals surface area contributed by atoms with Crippen molar-refractivity contribution >= 4 is 0 Å². The number of rotatable bonds is 3. The SMILES string of the molecule is CC.CC1=C(C(C)C(C)C)CCN(C(C)C)C1. The second-order valence-corrected chi connectivity index (χ2v) is 5.65. The van der Waals surface area contributed by atoms with Crippen molar-refractivity contribution in [2.75, 3.05) is 13.1 Å². The van der Waals surface area contributed by atoms with Crippen molar-refractivity contribution in [3.63, 3.8) is 0 Å². The fourth-order valence-corrected chi connectivity index (χ4v) is 2.42. The average molecular weight is 239 g/mol. The standard InChI is InChI=1S/C14H27N.C2H6/c1-10(2)13(6)14-7-8-15(11(3)4)9-12(14)5;1-2/h10-11,13H,7-9H2,1-6H3;1-2H3. The number of hydrogen-bond acceptors (Lipinski definition) is 1. The lowest BCUT2D eigenvalue weighted by molar-refractivity contribution is 0.224. The van der Waals surface area contributed by atoms with Gasteiger partial charge < -0.3 is 0 Å². The Bertz CT molecular complexity index is 238. The molecule has 1 unspecified atom stereocenters. The van der Waals surface area contributed by atoms with Crippen molar-refractivity contribution in [2.24, 2.45) is 11.8 Å². The lowest BCUT2D eigenvalue weighted by Crippen LogP contribution is -2.37. The monoisotopic (exact) mass is 239 g/mol. The second-order valence-electron chi connectivity index (χ2n) is 5.65. The van der Waals surface area contributed by atoms with Gasteiger partial charge in [0.25, 0.3) is 0 Å². The normalized spacial score (nSPS) is 19.4. The Balaban J connectivity index is 0.00000121. The predicted octanol–water partition coefficient (Wildman–Crippen LogP) is 4.74. The summed E-state index contributed by atoms with van der Waals surface area (Å²) in [4.78, 5) is 2.58. The van der Waals surface area contributed by atoms with Crippen molar-refractivity contribution in [1.82, 2.24) is 4.90 Å². The molecule has 0 bridgehead atoms. The van der Waals surface area contributed by atoms with Crippen LogP contribution < -0.4 is 0 Å². The van der Waals surface area contributed by atoms with Gasteiger partial charge in [0.15, 0.2) is 0 Å². The molecule has 0 saturated carbocycles. The van der Waals surface area contributed by atoms with Crippen LogP contribution in [0.3, 0.4) is 0 Å². The van der Waals surface area contributed by atoms with E-state index in [9.17, 15) is 0 Å². The minimum Gasteiger partial charge on any atom is -0.297 e. The van der Waals surface area contributed by atoms with Gasteiger partial charge >= 0.3 is 0 Å². The van der Waals surface area contributed by atoms with Crippen LogP contribution in [0.25, 0.3) is 0 Å². The van der Waals surface area contributed by atoms with Crippen LogP contribution in [-0.2, 0) is 0 Å². The van der Waals surface area contributed by atoms with Gasteiger partial charge in [-0.2, -0.15) is 0 Å². The quantitative estimate of drug-likeness (QED) is 0.643. The molecule has 0 fully saturated rings. The van der Waals surface area contributed by atoms with E-state index >= 15 is 0 Å². The summed E-state index contributed by atoms with van der Waals surface area (Å²) in [6.07, 6.45) is 1.28. The Morgan fingerprint density at radius 2 is 1.53 bits per heavy atom. The molecule has 1 rings (SSSR count). The molecule has 1 aliphatic heterocycles. The molecule has 17 heavy (non-hydrogen) atoms. The molecule has 0 N–H and O–H groups in total. The van der Waals surface area contributed by atoms with Gasteiger partial charge in [0.2, 0.25) is 0 Å². The lowest BCUT2D eigenvalue weighted by Gasteiger charge is -2.35. The molecule has 0 aromatic carbocycles. The maximum Gasteiger partial charge on any atom is 0.0195 e. The largest absolute Gasteiger partial charge is 0.297 e. The molecule has 1 heteroatoms. The van der Waals surface area contributed by atoms with Crippen molar-refractivity contribution in [2.45, 2.75) is 67.9 Å². The van der Waals surface area contributed by atoms with E-state index < -0.39 is 0 Å². The van der Waals surface area contributed by atoms with Gasteiger partial charge in [-0.25, -0.2) is 0 Å². The van der Waals surface area contributed by atoms with Gasteiger partial charge in [-0.15, -0.1) is 0 Å². The van der Waals surface area contributed by atoms with Gasteiger partial charge in [0, 0.05) is 19.1 Å². The highest BCUT2D eigenvalue weighted by Gasteiger charge is 2.22. The molecule has 0 radical (unpaired) electrons. The van der Waals surface area contributed by atoms with Crippen LogP contribution in [0.2, 0.25) is 0 Å². The van der Waals surface area contributed by atoms with E-state index in [1.165, 1.54) is 19.5 Å². The third-order valence-electron chi connectivity index (χ3n) is 3.94. The number of nitrogens with zero attached hydrogens (tertiary/aromatic N) is 1.